The topological polar surface area (TPSA) is 53.4 Å². The lowest BCUT2D eigenvalue weighted by molar-refractivity contribution is 0.0691. The van der Waals surface area contributed by atoms with Crippen LogP contribution in [-0.2, 0) is 0 Å². The highest BCUT2D eigenvalue weighted by Gasteiger charge is 2.40. The summed E-state index contributed by atoms with van der Waals surface area (Å²) in [5.74, 6) is -0.927. The Kier molecular flexibility index (Phi) is 1.95. The number of thiazole rings is 1. The monoisotopic (exact) mass is 224 g/mol. The molecule has 1 N–H and O–H groups in total. The molecular formula is C10H12N2O2S. The average Bonchev–Trinajstić information content (AvgIpc) is 2.90. The van der Waals surface area contributed by atoms with E-state index < -0.39 is 5.97 Å². The summed E-state index contributed by atoms with van der Waals surface area (Å²) in [4.78, 5) is 17.2. The molecule has 1 aromatic rings. The highest BCUT2D eigenvalue weighted by atomic mass is 32.1. The molecule has 2 fully saturated rings. The van der Waals surface area contributed by atoms with Crippen LogP contribution in [0.25, 0.3) is 0 Å². The van der Waals surface area contributed by atoms with E-state index in [-0.39, 0.29) is 5.69 Å². The molecule has 0 aromatic carbocycles. The minimum atomic E-state index is -0.927. The van der Waals surface area contributed by atoms with Crippen LogP contribution in [-0.4, -0.2) is 28.1 Å². The van der Waals surface area contributed by atoms with Crippen LogP contribution >= 0.6 is 11.3 Å². The van der Waals surface area contributed by atoms with Gasteiger partial charge in [-0.2, -0.15) is 0 Å². The van der Waals surface area contributed by atoms with Crippen molar-refractivity contribution in [1.82, 2.24) is 4.98 Å². The van der Waals surface area contributed by atoms with Gasteiger partial charge in [-0.05, 0) is 25.7 Å². The molecule has 2 saturated heterocycles. The second kappa shape index (κ2) is 3.20. The van der Waals surface area contributed by atoms with E-state index in [9.17, 15) is 4.79 Å². The molecule has 0 atom stereocenters. The molecule has 15 heavy (non-hydrogen) atoms. The van der Waals surface area contributed by atoms with E-state index in [0.29, 0.717) is 12.1 Å². The highest BCUT2D eigenvalue weighted by Crippen LogP contribution is 2.41. The molecular weight excluding hydrogens is 212 g/mol. The Morgan fingerprint density at radius 3 is 2.47 bits per heavy atom. The zero-order valence-electron chi connectivity index (χ0n) is 8.22. The molecule has 2 aliphatic heterocycles. The van der Waals surface area contributed by atoms with Crippen molar-refractivity contribution >= 4 is 22.4 Å². The van der Waals surface area contributed by atoms with E-state index in [1.165, 1.54) is 37.0 Å². The zero-order chi connectivity index (χ0) is 10.4. The molecule has 0 amide bonds. The molecule has 0 aliphatic carbocycles. The number of rotatable bonds is 2. The Morgan fingerprint density at radius 1 is 1.40 bits per heavy atom. The third-order valence-corrected chi connectivity index (χ3v) is 4.24. The highest BCUT2D eigenvalue weighted by molar-refractivity contribution is 7.14. The first-order chi connectivity index (χ1) is 7.25. The molecule has 0 spiro atoms. The lowest BCUT2D eigenvalue weighted by Gasteiger charge is -2.20. The van der Waals surface area contributed by atoms with E-state index in [1.807, 2.05) is 0 Å². The fourth-order valence-corrected chi connectivity index (χ4v) is 3.65. The number of hydrogen-bond acceptors (Lipinski definition) is 4. The second-order valence-corrected chi connectivity index (χ2v) is 5.03. The fraction of sp³-hybridized carbons (Fsp3) is 0.600. The van der Waals surface area contributed by atoms with Gasteiger partial charge in [0, 0.05) is 17.5 Å². The third kappa shape index (κ3) is 1.33. The summed E-state index contributed by atoms with van der Waals surface area (Å²) in [5.41, 5.74) is 0.182. The summed E-state index contributed by atoms with van der Waals surface area (Å²) < 4.78 is 0. The number of carboxylic acids is 1. The van der Waals surface area contributed by atoms with Gasteiger partial charge in [0.25, 0.3) is 0 Å². The van der Waals surface area contributed by atoms with Crippen LogP contribution in [0.5, 0.6) is 0 Å². The van der Waals surface area contributed by atoms with Crippen molar-refractivity contribution in [2.24, 2.45) is 0 Å². The van der Waals surface area contributed by atoms with Crippen LogP contribution in [0.1, 0.15) is 36.2 Å². The number of carbonyl (C=O) groups is 1. The summed E-state index contributed by atoms with van der Waals surface area (Å²) in [6, 6.07) is 1.23. The Hall–Kier alpha value is -1.10. The molecule has 2 bridgehead atoms. The number of anilines is 1. The van der Waals surface area contributed by atoms with Gasteiger partial charge in [0.2, 0.25) is 0 Å². The van der Waals surface area contributed by atoms with Gasteiger partial charge in [0.15, 0.2) is 10.8 Å². The normalized spacial score (nSPS) is 28.7. The van der Waals surface area contributed by atoms with Gasteiger partial charge in [0.1, 0.15) is 0 Å². The van der Waals surface area contributed by atoms with Gasteiger partial charge in [0.05, 0.1) is 0 Å². The summed E-state index contributed by atoms with van der Waals surface area (Å²) >= 11 is 1.46. The van der Waals surface area contributed by atoms with Gasteiger partial charge < -0.3 is 10.0 Å². The predicted molar refractivity (Wildman–Crippen MR) is 57.6 cm³/mol. The van der Waals surface area contributed by atoms with Crippen molar-refractivity contribution in [1.29, 1.82) is 0 Å². The Balaban J connectivity index is 1.90. The van der Waals surface area contributed by atoms with Crippen LogP contribution in [0, 0.1) is 0 Å². The second-order valence-electron chi connectivity index (χ2n) is 4.19. The van der Waals surface area contributed by atoms with Crippen LogP contribution in [0.4, 0.5) is 5.13 Å². The first kappa shape index (κ1) is 9.15. The molecule has 1 aromatic heterocycles. The zero-order valence-corrected chi connectivity index (χ0v) is 9.04. The van der Waals surface area contributed by atoms with Crippen molar-refractivity contribution in [3.63, 3.8) is 0 Å². The lowest BCUT2D eigenvalue weighted by Crippen LogP contribution is -2.27. The molecule has 80 valence electrons. The fourth-order valence-electron chi connectivity index (χ4n) is 2.71. The van der Waals surface area contributed by atoms with Crippen molar-refractivity contribution in [3.05, 3.63) is 11.1 Å². The Labute approximate surface area is 91.5 Å². The van der Waals surface area contributed by atoms with Crippen LogP contribution < -0.4 is 4.90 Å². The number of nitrogens with zero attached hydrogens (tertiary/aromatic N) is 2. The maximum atomic E-state index is 10.7. The standard InChI is InChI=1S/C10H12N2O2S/c13-9(14)8-5-15-10(11-8)12-6-1-2-7(12)4-3-6/h5-7H,1-4H2,(H,13,14). The quantitative estimate of drug-likeness (QED) is 0.834. The number of aromatic carboxylic acids is 1. The molecule has 0 radical (unpaired) electrons. The number of fused-ring (bicyclic) bond motifs is 2. The lowest BCUT2D eigenvalue weighted by atomic mass is 10.0. The molecule has 0 saturated carbocycles. The molecule has 4 nitrogen and oxygen atoms in total. The average molecular weight is 224 g/mol. The van der Waals surface area contributed by atoms with E-state index >= 15 is 0 Å². The largest absolute Gasteiger partial charge is 0.476 e. The van der Waals surface area contributed by atoms with Crippen LogP contribution in [0.3, 0.4) is 0 Å². The Bertz CT molecular complexity index is 384. The van der Waals surface area contributed by atoms with E-state index in [0.717, 1.165) is 5.13 Å². The number of hydrogen-bond donors (Lipinski definition) is 1. The van der Waals surface area contributed by atoms with Crippen molar-refractivity contribution in [2.75, 3.05) is 4.90 Å². The first-order valence-corrected chi connectivity index (χ1v) is 6.11. The third-order valence-electron chi connectivity index (χ3n) is 3.39. The maximum absolute atomic E-state index is 10.7. The van der Waals surface area contributed by atoms with Gasteiger partial charge in [-0.15, -0.1) is 11.3 Å². The SMILES string of the molecule is O=C(O)c1csc(N2C3CCC2CC3)n1. The number of carboxylic acid groups (broad SMARTS) is 1. The van der Waals surface area contributed by atoms with Gasteiger partial charge in [-0.3, -0.25) is 0 Å². The van der Waals surface area contributed by atoms with Crippen molar-refractivity contribution in [2.45, 2.75) is 37.8 Å². The maximum Gasteiger partial charge on any atom is 0.355 e. The molecule has 3 rings (SSSR count). The number of aromatic nitrogens is 1. The Morgan fingerprint density at radius 2 is 2.00 bits per heavy atom. The van der Waals surface area contributed by atoms with Gasteiger partial charge in [-0.1, -0.05) is 0 Å². The molecule has 0 unspecified atom stereocenters. The van der Waals surface area contributed by atoms with Crippen molar-refractivity contribution in [3.8, 4) is 0 Å². The first-order valence-electron chi connectivity index (χ1n) is 5.23. The van der Waals surface area contributed by atoms with Crippen LogP contribution in [0.15, 0.2) is 5.38 Å². The molecule has 2 aliphatic rings. The summed E-state index contributed by atoms with van der Waals surface area (Å²) in [6.45, 7) is 0. The predicted octanol–water partition coefficient (Wildman–Crippen LogP) is 1.97. The van der Waals surface area contributed by atoms with Crippen LogP contribution in [0.2, 0.25) is 0 Å². The minimum absolute atomic E-state index is 0.182. The summed E-state index contributed by atoms with van der Waals surface area (Å²) in [5, 5.41) is 11.3. The smallest absolute Gasteiger partial charge is 0.355 e. The van der Waals surface area contributed by atoms with Gasteiger partial charge in [-0.25, -0.2) is 9.78 Å². The molecule has 5 heteroatoms. The summed E-state index contributed by atoms with van der Waals surface area (Å²) in [6.07, 6.45) is 4.97. The minimum Gasteiger partial charge on any atom is -0.476 e. The summed E-state index contributed by atoms with van der Waals surface area (Å²) in [7, 11) is 0. The van der Waals surface area contributed by atoms with E-state index in [1.54, 1.807) is 5.38 Å². The van der Waals surface area contributed by atoms with E-state index in [4.69, 9.17) is 5.11 Å². The van der Waals surface area contributed by atoms with Crippen molar-refractivity contribution < 1.29 is 9.90 Å². The van der Waals surface area contributed by atoms with E-state index in [2.05, 4.69) is 9.88 Å². The van der Waals surface area contributed by atoms with Gasteiger partial charge >= 0.3 is 5.97 Å². The molecule has 3 heterocycles.